The van der Waals surface area contributed by atoms with Crippen molar-refractivity contribution < 1.29 is 0 Å². The van der Waals surface area contributed by atoms with E-state index < -0.39 is 0 Å². The third kappa shape index (κ3) is 2.04. The van der Waals surface area contributed by atoms with Crippen LogP contribution in [0.25, 0.3) is 22.2 Å². The number of nitrogens with zero attached hydrogens (tertiary/aromatic N) is 4. The maximum absolute atomic E-state index is 4.58. The summed E-state index contributed by atoms with van der Waals surface area (Å²) in [6.45, 7) is 4.49. The van der Waals surface area contributed by atoms with Gasteiger partial charge in [-0.25, -0.2) is 4.68 Å². The van der Waals surface area contributed by atoms with Crippen molar-refractivity contribution in [1.82, 2.24) is 24.9 Å². The van der Waals surface area contributed by atoms with E-state index in [-0.39, 0.29) is 0 Å². The molecule has 1 aliphatic carbocycles. The minimum atomic E-state index is 0.707. The molecule has 0 bridgehead atoms. The Kier molecular flexibility index (Phi) is 2.94. The van der Waals surface area contributed by atoms with Crippen molar-refractivity contribution in [2.75, 3.05) is 13.1 Å². The highest BCUT2D eigenvalue weighted by Gasteiger charge is 2.32. The largest absolute Gasteiger partial charge is 0.316 e. The lowest BCUT2D eigenvalue weighted by atomic mass is 9.95. The van der Waals surface area contributed by atoms with E-state index >= 15 is 0 Å². The maximum Gasteiger partial charge on any atom is 0.103 e. The number of aryl methyl sites for hydroxylation is 2. The van der Waals surface area contributed by atoms with Crippen LogP contribution in [-0.4, -0.2) is 32.7 Å². The molecule has 2 aromatic heterocycles. The Morgan fingerprint density at radius 2 is 2.08 bits per heavy atom. The standard InChI is InChI=1S/C19H21N5/c1-12-3-16-9-22-24(17-10-21-23(2)11-17)19(16)6-18(12)13-4-14-7-20-8-15(14)5-13/h3-4,6,9-11,14-15,20H,5,7-8H2,1-2H3/t14-,15+/m1/s1. The van der Waals surface area contributed by atoms with E-state index in [1.807, 2.05) is 35.0 Å². The van der Waals surface area contributed by atoms with E-state index in [0.717, 1.165) is 30.2 Å². The molecule has 5 heteroatoms. The van der Waals surface area contributed by atoms with Crippen LogP contribution in [0.4, 0.5) is 0 Å². The molecule has 1 aromatic carbocycles. The summed E-state index contributed by atoms with van der Waals surface area (Å²) < 4.78 is 3.80. The fourth-order valence-electron chi connectivity index (χ4n) is 4.24. The van der Waals surface area contributed by atoms with Gasteiger partial charge in [0.2, 0.25) is 0 Å². The molecule has 0 amide bonds. The number of hydrogen-bond donors (Lipinski definition) is 1. The van der Waals surface area contributed by atoms with Crippen LogP contribution in [-0.2, 0) is 7.05 Å². The van der Waals surface area contributed by atoms with Crippen LogP contribution in [0.3, 0.4) is 0 Å². The molecular weight excluding hydrogens is 298 g/mol. The van der Waals surface area contributed by atoms with Crippen LogP contribution in [0.1, 0.15) is 17.5 Å². The molecule has 0 unspecified atom stereocenters. The summed E-state index contributed by atoms with van der Waals surface area (Å²) >= 11 is 0. The Labute approximate surface area is 141 Å². The average molecular weight is 319 g/mol. The maximum atomic E-state index is 4.58. The molecule has 1 N–H and O–H groups in total. The number of hydrogen-bond acceptors (Lipinski definition) is 3. The first-order valence-corrected chi connectivity index (χ1v) is 8.58. The molecule has 1 fully saturated rings. The van der Waals surface area contributed by atoms with Gasteiger partial charge >= 0.3 is 0 Å². The van der Waals surface area contributed by atoms with Gasteiger partial charge in [-0.2, -0.15) is 10.2 Å². The van der Waals surface area contributed by atoms with Gasteiger partial charge in [0.25, 0.3) is 0 Å². The lowest BCUT2D eigenvalue weighted by Crippen LogP contribution is -2.09. The number of rotatable bonds is 2. The lowest BCUT2D eigenvalue weighted by Gasteiger charge is -2.11. The highest BCUT2D eigenvalue weighted by molar-refractivity contribution is 5.86. The van der Waals surface area contributed by atoms with Crippen LogP contribution in [0.5, 0.6) is 0 Å². The molecule has 0 saturated carbocycles. The van der Waals surface area contributed by atoms with Crippen LogP contribution >= 0.6 is 0 Å². The van der Waals surface area contributed by atoms with Gasteiger partial charge in [-0.3, -0.25) is 4.68 Å². The molecule has 0 radical (unpaired) electrons. The van der Waals surface area contributed by atoms with Gasteiger partial charge in [0.05, 0.1) is 24.1 Å². The molecule has 2 aliphatic rings. The zero-order chi connectivity index (χ0) is 16.3. The summed E-state index contributed by atoms with van der Waals surface area (Å²) in [6.07, 6.45) is 9.48. The van der Waals surface area contributed by atoms with Crippen molar-refractivity contribution in [2.45, 2.75) is 13.3 Å². The monoisotopic (exact) mass is 319 g/mol. The zero-order valence-electron chi connectivity index (χ0n) is 14.0. The first kappa shape index (κ1) is 14.0. The smallest absolute Gasteiger partial charge is 0.103 e. The molecule has 0 spiro atoms. The Morgan fingerprint density at radius 3 is 2.88 bits per heavy atom. The highest BCUT2D eigenvalue weighted by Crippen LogP contribution is 2.40. The summed E-state index contributed by atoms with van der Waals surface area (Å²) in [5.41, 5.74) is 6.38. The van der Waals surface area contributed by atoms with E-state index in [2.05, 4.69) is 40.6 Å². The Morgan fingerprint density at radius 1 is 1.17 bits per heavy atom. The van der Waals surface area contributed by atoms with E-state index in [4.69, 9.17) is 0 Å². The third-order valence-electron chi connectivity index (χ3n) is 5.49. The van der Waals surface area contributed by atoms with Crippen LogP contribution in [0.2, 0.25) is 0 Å². The minimum absolute atomic E-state index is 0.707. The molecule has 5 nitrogen and oxygen atoms in total. The predicted octanol–water partition coefficient (Wildman–Crippen LogP) is 2.69. The molecule has 1 aliphatic heterocycles. The molecule has 3 aromatic rings. The highest BCUT2D eigenvalue weighted by atomic mass is 15.3. The second kappa shape index (κ2) is 5.05. The van der Waals surface area contributed by atoms with Gasteiger partial charge in [-0.1, -0.05) is 6.08 Å². The van der Waals surface area contributed by atoms with Crippen LogP contribution in [0.15, 0.2) is 36.8 Å². The Hall–Kier alpha value is -2.40. The fourth-order valence-corrected chi connectivity index (χ4v) is 4.24. The molecule has 3 heterocycles. The number of aromatic nitrogens is 4. The first-order valence-electron chi connectivity index (χ1n) is 8.58. The summed E-state index contributed by atoms with van der Waals surface area (Å²) in [5, 5.41) is 13.5. The molecular formula is C19H21N5. The average Bonchev–Trinajstić information content (AvgIpc) is 3.28. The van der Waals surface area contributed by atoms with Crippen LogP contribution < -0.4 is 5.32 Å². The first-order chi connectivity index (χ1) is 11.7. The number of allylic oxidation sites excluding steroid dienone is 1. The van der Waals surface area contributed by atoms with E-state index in [0.29, 0.717) is 5.92 Å². The minimum Gasteiger partial charge on any atom is -0.316 e. The van der Waals surface area contributed by atoms with Gasteiger partial charge in [-0.05, 0) is 60.6 Å². The second-order valence-corrected chi connectivity index (χ2v) is 7.13. The van der Waals surface area contributed by atoms with Gasteiger partial charge in [0, 0.05) is 19.0 Å². The summed E-state index contributed by atoms with van der Waals surface area (Å²) in [4.78, 5) is 0. The Bertz CT molecular complexity index is 961. The van der Waals surface area contributed by atoms with Gasteiger partial charge in [-0.15, -0.1) is 0 Å². The lowest BCUT2D eigenvalue weighted by molar-refractivity contribution is 0.536. The molecule has 1 saturated heterocycles. The van der Waals surface area contributed by atoms with Crippen molar-refractivity contribution >= 4 is 16.5 Å². The summed E-state index contributed by atoms with van der Waals surface area (Å²) in [5.74, 6) is 1.48. The van der Waals surface area contributed by atoms with Crippen LogP contribution in [0, 0.1) is 18.8 Å². The third-order valence-corrected chi connectivity index (χ3v) is 5.49. The van der Waals surface area contributed by atoms with Gasteiger partial charge in [0.1, 0.15) is 5.69 Å². The van der Waals surface area contributed by atoms with E-state index in [1.54, 1.807) is 0 Å². The molecule has 5 rings (SSSR count). The summed E-state index contributed by atoms with van der Waals surface area (Å²) in [7, 11) is 1.93. The van der Waals surface area contributed by atoms with Gasteiger partial charge in [0.15, 0.2) is 0 Å². The van der Waals surface area contributed by atoms with Crippen molar-refractivity contribution in [2.24, 2.45) is 18.9 Å². The second-order valence-electron chi connectivity index (χ2n) is 7.13. The van der Waals surface area contributed by atoms with Crippen molar-refractivity contribution in [3.8, 4) is 5.69 Å². The molecule has 2 atom stereocenters. The molecule has 24 heavy (non-hydrogen) atoms. The fraction of sp³-hybridized carbons (Fsp3) is 0.368. The molecule has 122 valence electrons. The normalized spacial score (nSPS) is 23.0. The predicted molar refractivity (Wildman–Crippen MR) is 95.0 cm³/mol. The quantitative estimate of drug-likeness (QED) is 0.790. The SMILES string of the molecule is Cc1cc2cnn(-c3cnn(C)c3)c2cc1C1=C[C@@H]2CNC[C@@H]2C1. The Balaban J connectivity index is 1.63. The van der Waals surface area contributed by atoms with Crippen molar-refractivity contribution in [1.29, 1.82) is 0 Å². The van der Waals surface area contributed by atoms with Crippen molar-refractivity contribution in [3.05, 3.63) is 47.9 Å². The van der Waals surface area contributed by atoms with Gasteiger partial charge < -0.3 is 5.32 Å². The van der Waals surface area contributed by atoms with E-state index in [1.165, 1.54) is 28.5 Å². The summed E-state index contributed by atoms with van der Waals surface area (Å²) in [6, 6.07) is 4.57. The number of fused-ring (bicyclic) bond motifs is 2. The number of nitrogens with one attached hydrogen (secondary N) is 1. The zero-order valence-corrected chi connectivity index (χ0v) is 14.0. The number of benzene rings is 1. The van der Waals surface area contributed by atoms with E-state index in [9.17, 15) is 0 Å². The van der Waals surface area contributed by atoms with Crippen molar-refractivity contribution in [3.63, 3.8) is 0 Å². The topological polar surface area (TPSA) is 47.7 Å².